The van der Waals surface area contributed by atoms with E-state index >= 15 is 0 Å². The van der Waals surface area contributed by atoms with Gasteiger partial charge in [0, 0.05) is 30.7 Å². The number of ether oxygens (including phenoxy) is 1. The van der Waals surface area contributed by atoms with Gasteiger partial charge >= 0.3 is 0 Å². The molecule has 3 nitrogen and oxygen atoms in total. The fourth-order valence-corrected chi connectivity index (χ4v) is 4.12. The molecule has 0 bridgehead atoms. The summed E-state index contributed by atoms with van der Waals surface area (Å²) in [6.07, 6.45) is 4.74. The molecule has 1 saturated carbocycles. The fraction of sp³-hybridized carbons (Fsp3) is 0.923. The maximum absolute atomic E-state index is 12.5. The number of amides is 1. The number of hydrogen-bond acceptors (Lipinski definition) is 3. The fourth-order valence-electron chi connectivity index (χ4n) is 2.94. The van der Waals surface area contributed by atoms with Crippen LogP contribution < -0.4 is 0 Å². The first-order chi connectivity index (χ1) is 8.36. The minimum Gasteiger partial charge on any atom is -0.381 e. The summed E-state index contributed by atoms with van der Waals surface area (Å²) in [5.74, 6) is 3.60. The van der Waals surface area contributed by atoms with E-state index in [-0.39, 0.29) is 5.92 Å². The molecule has 0 aromatic heterocycles. The number of hydrogen-bond donors (Lipinski definition) is 0. The van der Waals surface area contributed by atoms with Crippen molar-refractivity contribution < 1.29 is 9.53 Å². The van der Waals surface area contributed by atoms with Crippen LogP contribution in [-0.4, -0.2) is 48.1 Å². The smallest absolute Gasteiger partial charge is 0.228 e. The van der Waals surface area contributed by atoms with Crippen LogP contribution in [0.3, 0.4) is 0 Å². The molecule has 0 aromatic rings. The predicted molar refractivity (Wildman–Crippen MR) is 69.1 cm³/mol. The molecular weight excluding hydrogens is 234 g/mol. The normalized spacial score (nSPS) is 34.7. The van der Waals surface area contributed by atoms with Crippen molar-refractivity contribution in [2.45, 2.75) is 31.7 Å². The largest absolute Gasteiger partial charge is 0.381 e. The van der Waals surface area contributed by atoms with Crippen molar-refractivity contribution in [3.63, 3.8) is 0 Å². The molecule has 1 amide bonds. The van der Waals surface area contributed by atoms with Crippen LogP contribution >= 0.6 is 11.8 Å². The Morgan fingerprint density at radius 1 is 1.29 bits per heavy atom. The zero-order valence-corrected chi connectivity index (χ0v) is 11.1. The number of carbonyl (C=O) groups excluding carboxylic acids is 1. The molecule has 0 aromatic carbocycles. The van der Waals surface area contributed by atoms with E-state index in [4.69, 9.17) is 4.74 Å². The zero-order valence-electron chi connectivity index (χ0n) is 10.3. The van der Waals surface area contributed by atoms with Crippen LogP contribution in [0, 0.1) is 11.8 Å². The first-order valence-electron chi connectivity index (χ1n) is 6.82. The van der Waals surface area contributed by atoms with Gasteiger partial charge in [-0.05, 0) is 31.6 Å². The molecule has 3 aliphatic rings. The lowest BCUT2D eigenvalue weighted by atomic mass is 9.99. The predicted octanol–water partition coefficient (Wildman–Crippen LogP) is 1.77. The topological polar surface area (TPSA) is 29.5 Å². The minimum atomic E-state index is 0.146. The lowest BCUT2D eigenvalue weighted by Gasteiger charge is -2.38. The van der Waals surface area contributed by atoms with Gasteiger partial charge in [-0.15, -0.1) is 0 Å². The molecule has 2 saturated heterocycles. The summed E-state index contributed by atoms with van der Waals surface area (Å²) in [5.41, 5.74) is 0. The summed E-state index contributed by atoms with van der Waals surface area (Å²) in [7, 11) is 0. The van der Waals surface area contributed by atoms with Gasteiger partial charge in [0.05, 0.1) is 12.5 Å². The van der Waals surface area contributed by atoms with E-state index in [1.807, 2.05) is 11.8 Å². The van der Waals surface area contributed by atoms with Crippen LogP contribution in [0.5, 0.6) is 0 Å². The average Bonchev–Trinajstić information content (AvgIpc) is 3.23. The molecule has 2 aliphatic heterocycles. The van der Waals surface area contributed by atoms with Gasteiger partial charge < -0.3 is 9.64 Å². The second-order valence-electron chi connectivity index (χ2n) is 5.43. The van der Waals surface area contributed by atoms with E-state index in [1.165, 1.54) is 12.8 Å². The minimum absolute atomic E-state index is 0.146. The van der Waals surface area contributed by atoms with Crippen LogP contribution in [0.4, 0.5) is 0 Å². The third kappa shape index (κ3) is 2.63. The zero-order chi connectivity index (χ0) is 11.7. The number of nitrogens with zero attached hydrogens (tertiary/aromatic N) is 1. The molecule has 1 aliphatic carbocycles. The molecule has 3 rings (SSSR count). The SMILES string of the molecule is O=C(C1CCCOC1)N1CCSCC1C1CC1. The summed E-state index contributed by atoms with van der Waals surface area (Å²) in [5, 5.41) is 0. The van der Waals surface area contributed by atoms with E-state index in [2.05, 4.69) is 4.90 Å². The second kappa shape index (κ2) is 5.19. The molecule has 4 heteroatoms. The van der Waals surface area contributed by atoms with Gasteiger partial charge in [-0.2, -0.15) is 11.8 Å². The highest BCUT2D eigenvalue weighted by Crippen LogP contribution is 2.39. The van der Waals surface area contributed by atoms with E-state index in [1.54, 1.807) is 0 Å². The van der Waals surface area contributed by atoms with Crippen LogP contribution in [-0.2, 0) is 9.53 Å². The van der Waals surface area contributed by atoms with Gasteiger partial charge in [-0.1, -0.05) is 0 Å². The summed E-state index contributed by atoms with van der Waals surface area (Å²) in [6.45, 7) is 2.45. The first kappa shape index (κ1) is 11.8. The highest BCUT2D eigenvalue weighted by atomic mass is 32.2. The summed E-state index contributed by atoms with van der Waals surface area (Å²) >= 11 is 2.01. The second-order valence-corrected chi connectivity index (χ2v) is 6.58. The maximum atomic E-state index is 12.5. The summed E-state index contributed by atoms with van der Waals surface area (Å²) < 4.78 is 5.45. The Hall–Kier alpha value is -0.220. The van der Waals surface area contributed by atoms with Crippen molar-refractivity contribution in [2.24, 2.45) is 11.8 Å². The van der Waals surface area contributed by atoms with Gasteiger partial charge in [0.1, 0.15) is 0 Å². The molecule has 2 unspecified atom stereocenters. The average molecular weight is 255 g/mol. The third-order valence-corrected chi connectivity index (χ3v) is 5.17. The maximum Gasteiger partial charge on any atom is 0.228 e. The van der Waals surface area contributed by atoms with Crippen LogP contribution in [0.15, 0.2) is 0 Å². The Morgan fingerprint density at radius 3 is 2.88 bits per heavy atom. The highest BCUT2D eigenvalue weighted by molar-refractivity contribution is 7.99. The molecular formula is C13H21NO2S. The lowest BCUT2D eigenvalue weighted by molar-refractivity contribution is -0.142. The standard InChI is InChI=1S/C13H21NO2S/c15-13(11-2-1-6-16-8-11)14-5-7-17-9-12(14)10-3-4-10/h10-12H,1-9H2. The Morgan fingerprint density at radius 2 is 2.18 bits per heavy atom. The van der Waals surface area contributed by atoms with E-state index in [0.717, 1.165) is 43.4 Å². The van der Waals surface area contributed by atoms with Gasteiger partial charge in [-0.3, -0.25) is 4.79 Å². The third-order valence-electron chi connectivity index (χ3n) is 4.12. The van der Waals surface area contributed by atoms with Crippen molar-refractivity contribution in [3.8, 4) is 0 Å². The van der Waals surface area contributed by atoms with Crippen molar-refractivity contribution in [1.82, 2.24) is 4.90 Å². The molecule has 3 fully saturated rings. The van der Waals surface area contributed by atoms with Crippen molar-refractivity contribution in [1.29, 1.82) is 0 Å². The molecule has 0 N–H and O–H groups in total. The first-order valence-corrected chi connectivity index (χ1v) is 7.97. The van der Waals surface area contributed by atoms with Crippen molar-refractivity contribution in [2.75, 3.05) is 31.3 Å². The van der Waals surface area contributed by atoms with Crippen molar-refractivity contribution in [3.05, 3.63) is 0 Å². The van der Waals surface area contributed by atoms with Crippen molar-refractivity contribution >= 4 is 17.7 Å². The molecule has 2 atom stereocenters. The monoisotopic (exact) mass is 255 g/mol. The van der Waals surface area contributed by atoms with Gasteiger partial charge in [0.15, 0.2) is 0 Å². The highest BCUT2D eigenvalue weighted by Gasteiger charge is 2.40. The lowest BCUT2D eigenvalue weighted by Crippen LogP contribution is -2.50. The molecule has 96 valence electrons. The molecule has 17 heavy (non-hydrogen) atoms. The molecule has 0 spiro atoms. The van der Waals surface area contributed by atoms with Crippen LogP contribution in [0.25, 0.3) is 0 Å². The Bertz CT molecular complexity index is 287. The van der Waals surface area contributed by atoms with E-state index < -0.39 is 0 Å². The Kier molecular flexibility index (Phi) is 3.61. The van der Waals surface area contributed by atoms with Crippen LogP contribution in [0.2, 0.25) is 0 Å². The quantitative estimate of drug-likeness (QED) is 0.753. The van der Waals surface area contributed by atoms with Gasteiger partial charge in [0.2, 0.25) is 5.91 Å². The number of thioether (sulfide) groups is 1. The number of carbonyl (C=O) groups is 1. The van der Waals surface area contributed by atoms with Gasteiger partial charge in [-0.25, -0.2) is 0 Å². The van der Waals surface area contributed by atoms with E-state index in [9.17, 15) is 4.79 Å². The summed E-state index contributed by atoms with van der Waals surface area (Å²) in [4.78, 5) is 14.7. The Labute approximate surface area is 107 Å². The molecule has 2 heterocycles. The van der Waals surface area contributed by atoms with E-state index in [0.29, 0.717) is 18.6 Å². The van der Waals surface area contributed by atoms with Gasteiger partial charge in [0.25, 0.3) is 0 Å². The number of rotatable bonds is 2. The summed E-state index contributed by atoms with van der Waals surface area (Å²) in [6, 6.07) is 0.531. The van der Waals surface area contributed by atoms with Crippen LogP contribution in [0.1, 0.15) is 25.7 Å². The Balaban J connectivity index is 1.65. The molecule has 0 radical (unpaired) electrons.